The lowest BCUT2D eigenvalue weighted by Crippen LogP contribution is -2.15. The molecule has 0 fully saturated rings. The molecule has 3 aromatic rings. The number of anilines is 2. The molecule has 148 valence electrons. The van der Waals surface area contributed by atoms with Gasteiger partial charge in [-0.2, -0.15) is 0 Å². The highest BCUT2D eigenvalue weighted by atomic mass is 32.2. The average Bonchev–Trinajstić information content (AvgIpc) is 2.83. The van der Waals surface area contributed by atoms with Crippen molar-refractivity contribution < 1.29 is 22.7 Å². The Morgan fingerprint density at radius 1 is 1.00 bits per heavy atom. The zero-order valence-electron chi connectivity index (χ0n) is 15.7. The van der Waals surface area contributed by atoms with Gasteiger partial charge in [-0.1, -0.05) is 18.2 Å². The molecule has 0 bridgehead atoms. The van der Waals surface area contributed by atoms with Crippen molar-refractivity contribution in [3.8, 4) is 17.2 Å². The minimum atomic E-state index is -3.92. The molecule has 1 aliphatic heterocycles. The monoisotopic (exact) mass is 410 g/mol. The maximum atomic E-state index is 12.8. The number of hydrogen-bond donors (Lipinski definition) is 2. The summed E-state index contributed by atoms with van der Waals surface area (Å²) in [4.78, 5) is 12.7. The third kappa shape index (κ3) is 3.62. The summed E-state index contributed by atoms with van der Waals surface area (Å²) in [6.07, 6.45) is 0. The van der Waals surface area contributed by atoms with Gasteiger partial charge >= 0.3 is 0 Å². The second-order valence-electron chi connectivity index (χ2n) is 6.52. The van der Waals surface area contributed by atoms with Crippen molar-refractivity contribution >= 4 is 27.3 Å². The van der Waals surface area contributed by atoms with E-state index in [0.29, 0.717) is 17.2 Å². The van der Waals surface area contributed by atoms with Gasteiger partial charge < -0.3 is 14.8 Å². The number of methoxy groups -OCH3 is 1. The zero-order valence-corrected chi connectivity index (χ0v) is 16.5. The van der Waals surface area contributed by atoms with Gasteiger partial charge in [0.15, 0.2) is 5.75 Å². The highest BCUT2D eigenvalue weighted by molar-refractivity contribution is 7.92. The number of fused-ring (bicyclic) bond motifs is 2. The molecule has 0 spiro atoms. The molecule has 0 aromatic heterocycles. The molecule has 0 unspecified atom stereocenters. The largest absolute Gasteiger partial charge is 0.495 e. The lowest BCUT2D eigenvalue weighted by Gasteiger charge is -2.13. The van der Waals surface area contributed by atoms with Crippen LogP contribution in [0.5, 0.6) is 17.2 Å². The number of carbonyl (C=O) groups is 1. The Bertz CT molecular complexity index is 1220. The topological polar surface area (TPSA) is 93.7 Å². The van der Waals surface area contributed by atoms with Gasteiger partial charge in [-0.25, -0.2) is 8.42 Å². The minimum absolute atomic E-state index is 0.000949. The van der Waals surface area contributed by atoms with Crippen LogP contribution in [0.1, 0.15) is 15.9 Å². The number of carbonyl (C=O) groups excluding carboxylic acids is 1. The molecule has 2 N–H and O–H groups in total. The van der Waals surface area contributed by atoms with Crippen molar-refractivity contribution in [2.24, 2.45) is 0 Å². The molecule has 0 atom stereocenters. The van der Waals surface area contributed by atoms with Crippen LogP contribution >= 0.6 is 0 Å². The van der Waals surface area contributed by atoms with Gasteiger partial charge in [0, 0.05) is 5.69 Å². The van der Waals surface area contributed by atoms with Crippen molar-refractivity contribution in [3.05, 3.63) is 71.8 Å². The van der Waals surface area contributed by atoms with Crippen molar-refractivity contribution in [2.45, 2.75) is 11.8 Å². The first-order valence-electron chi connectivity index (χ1n) is 8.77. The third-order valence-electron chi connectivity index (χ3n) is 4.44. The summed E-state index contributed by atoms with van der Waals surface area (Å²) < 4.78 is 39.1. The van der Waals surface area contributed by atoms with Gasteiger partial charge in [0.25, 0.3) is 15.9 Å². The second kappa shape index (κ2) is 7.14. The quantitative estimate of drug-likeness (QED) is 0.674. The highest BCUT2D eigenvalue weighted by Gasteiger charge is 2.24. The molecule has 0 aliphatic carbocycles. The molecule has 1 amide bonds. The van der Waals surface area contributed by atoms with Crippen LogP contribution in [-0.2, 0) is 10.0 Å². The van der Waals surface area contributed by atoms with Crippen molar-refractivity contribution in [1.29, 1.82) is 0 Å². The van der Waals surface area contributed by atoms with E-state index >= 15 is 0 Å². The molecule has 1 heterocycles. The fourth-order valence-electron chi connectivity index (χ4n) is 3.05. The van der Waals surface area contributed by atoms with Crippen LogP contribution in [0.4, 0.5) is 11.4 Å². The SMILES string of the molecule is COc1ccccc1S(=O)(=O)Nc1ccc2c(c1)C(=O)Nc1cc(C)ccc1O2. The molecule has 4 rings (SSSR count). The van der Waals surface area contributed by atoms with Gasteiger partial charge in [-0.15, -0.1) is 0 Å². The van der Waals surface area contributed by atoms with Crippen LogP contribution in [0.3, 0.4) is 0 Å². The normalized spacial score (nSPS) is 12.7. The van der Waals surface area contributed by atoms with Crippen molar-refractivity contribution in [1.82, 2.24) is 0 Å². The Morgan fingerprint density at radius 3 is 2.55 bits per heavy atom. The van der Waals surface area contributed by atoms with Crippen LogP contribution in [0.25, 0.3) is 0 Å². The Labute approximate surface area is 168 Å². The fraction of sp³-hybridized carbons (Fsp3) is 0.0952. The van der Waals surface area contributed by atoms with Gasteiger partial charge in [-0.05, 0) is 55.0 Å². The van der Waals surface area contributed by atoms with Crippen LogP contribution in [0.15, 0.2) is 65.6 Å². The summed E-state index contributed by atoms with van der Waals surface area (Å²) in [6, 6.07) is 16.3. The average molecular weight is 410 g/mol. The van der Waals surface area contributed by atoms with E-state index in [2.05, 4.69) is 10.0 Å². The summed E-state index contributed by atoms with van der Waals surface area (Å²) in [6.45, 7) is 1.91. The number of nitrogens with one attached hydrogen (secondary N) is 2. The number of amides is 1. The third-order valence-corrected chi connectivity index (χ3v) is 5.86. The first-order chi connectivity index (χ1) is 13.9. The highest BCUT2D eigenvalue weighted by Crippen LogP contribution is 2.37. The summed E-state index contributed by atoms with van der Waals surface area (Å²) in [5, 5.41) is 2.80. The number of hydrogen-bond acceptors (Lipinski definition) is 5. The van der Waals surface area contributed by atoms with Crippen LogP contribution in [-0.4, -0.2) is 21.4 Å². The molecule has 8 heteroatoms. The number of aryl methyl sites for hydroxylation is 1. The van der Waals surface area contributed by atoms with Gasteiger partial charge in [-0.3, -0.25) is 9.52 Å². The Hall–Kier alpha value is -3.52. The zero-order chi connectivity index (χ0) is 20.6. The van der Waals surface area contributed by atoms with Crippen LogP contribution in [0, 0.1) is 6.92 Å². The fourth-order valence-corrected chi connectivity index (χ4v) is 4.27. The molecule has 3 aromatic carbocycles. The summed E-state index contributed by atoms with van der Waals surface area (Å²) in [5.74, 6) is 0.694. The Balaban J connectivity index is 1.68. The minimum Gasteiger partial charge on any atom is -0.495 e. The summed E-state index contributed by atoms with van der Waals surface area (Å²) >= 11 is 0. The lowest BCUT2D eigenvalue weighted by atomic mass is 10.1. The van der Waals surface area contributed by atoms with E-state index in [4.69, 9.17) is 9.47 Å². The van der Waals surface area contributed by atoms with Gasteiger partial charge in [0.05, 0.1) is 18.4 Å². The van der Waals surface area contributed by atoms with Crippen molar-refractivity contribution in [2.75, 3.05) is 17.1 Å². The van der Waals surface area contributed by atoms with Crippen molar-refractivity contribution in [3.63, 3.8) is 0 Å². The first kappa shape index (κ1) is 18.8. The molecule has 7 nitrogen and oxygen atoms in total. The maximum absolute atomic E-state index is 12.8. The standard InChI is InChI=1S/C21H18N2O5S/c1-13-7-9-18-16(11-13)22-21(24)15-12-14(8-10-17(15)28-18)23-29(25,26)20-6-4-3-5-19(20)27-2/h3-12,23H,1-2H3,(H,22,24). The van der Waals surface area contributed by atoms with Gasteiger partial charge in [0.2, 0.25) is 0 Å². The molecule has 1 aliphatic rings. The molecular weight excluding hydrogens is 392 g/mol. The van der Waals surface area contributed by atoms with E-state index in [1.807, 2.05) is 19.1 Å². The molecule has 29 heavy (non-hydrogen) atoms. The van der Waals surface area contributed by atoms with Gasteiger partial charge in [0.1, 0.15) is 16.4 Å². The van der Waals surface area contributed by atoms with Crippen LogP contribution in [0.2, 0.25) is 0 Å². The predicted octanol–water partition coefficient (Wildman–Crippen LogP) is 4.16. The predicted molar refractivity (Wildman–Crippen MR) is 109 cm³/mol. The summed E-state index contributed by atoms with van der Waals surface area (Å²) in [5.41, 5.74) is 1.99. The molecule has 0 saturated heterocycles. The molecule has 0 radical (unpaired) electrons. The number of rotatable bonds is 4. The van der Waals surface area contributed by atoms with E-state index in [-0.39, 0.29) is 27.8 Å². The Morgan fingerprint density at radius 2 is 1.76 bits per heavy atom. The number of sulfonamides is 1. The van der Waals surface area contributed by atoms with E-state index < -0.39 is 10.0 Å². The summed E-state index contributed by atoms with van der Waals surface area (Å²) in [7, 11) is -2.52. The molecular formula is C21H18N2O5S. The number of ether oxygens (including phenoxy) is 2. The van der Waals surface area contributed by atoms with Crippen LogP contribution < -0.4 is 19.5 Å². The number of para-hydroxylation sites is 1. The first-order valence-corrected chi connectivity index (χ1v) is 10.3. The maximum Gasteiger partial charge on any atom is 0.265 e. The van der Waals surface area contributed by atoms with E-state index in [9.17, 15) is 13.2 Å². The number of benzene rings is 3. The lowest BCUT2D eigenvalue weighted by molar-refractivity contribution is 0.102. The molecule has 0 saturated carbocycles. The Kier molecular flexibility index (Phi) is 4.63. The van der Waals surface area contributed by atoms with E-state index in [1.54, 1.807) is 30.3 Å². The second-order valence-corrected chi connectivity index (χ2v) is 8.17. The van der Waals surface area contributed by atoms with E-state index in [0.717, 1.165) is 5.56 Å². The van der Waals surface area contributed by atoms with E-state index in [1.165, 1.54) is 25.3 Å². The smallest absolute Gasteiger partial charge is 0.265 e.